The van der Waals surface area contributed by atoms with Crippen LogP contribution in [0, 0.1) is 5.92 Å². The van der Waals surface area contributed by atoms with Crippen LogP contribution in [0.1, 0.15) is 19.3 Å². The Morgan fingerprint density at radius 1 is 1.17 bits per heavy atom. The van der Waals surface area contributed by atoms with Crippen molar-refractivity contribution in [2.24, 2.45) is 11.7 Å². The molecule has 1 saturated heterocycles. The van der Waals surface area contributed by atoms with Crippen molar-refractivity contribution >= 4 is 11.9 Å². The largest absolute Gasteiger partial charge is 0.478 e. The number of nitrogens with two attached hydrogens (primary N) is 1. The molecule has 1 aromatic rings. The van der Waals surface area contributed by atoms with E-state index in [0.717, 1.165) is 32.0 Å². The van der Waals surface area contributed by atoms with Crippen LogP contribution >= 0.6 is 0 Å². The van der Waals surface area contributed by atoms with Crippen LogP contribution < -0.4 is 5.73 Å². The first-order chi connectivity index (χ1) is 11.5. The van der Waals surface area contributed by atoms with E-state index in [1.54, 1.807) is 6.20 Å². The first-order valence-corrected chi connectivity index (χ1v) is 7.91. The van der Waals surface area contributed by atoms with Gasteiger partial charge in [0.05, 0.1) is 6.20 Å². The Morgan fingerprint density at radius 2 is 1.79 bits per heavy atom. The van der Waals surface area contributed by atoms with E-state index in [2.05, 4.69) is 15.2 Å². The molecule has 9 heteroatoms. The first kappa shape index (κ1) is 19.8. The van der Waals surface area contributed by atoms with Crippen molar-refractivity contribution in [3.8, 4) is 0 Å². The zero-order chi connectivity index (χ0) is 17.8. The van der Waals surface area contributed by atoms with Crippen molar-refractivity contribution in [2.75, 3.05) is 26.2 Å². The van der Waals surface area contributed by atoms with Crippen LogP contribution in [0.2, 0.25) is 0 Å². The predicted molar refractivity (Wildman–Crippen MR) is 87.3 cm³/mol. The Morgan fingerprint density at radius 3 is 2.25 bits per heavy atom. The second-order valence-electron chi connectivity index (χ2n) is 5.55. The summed E-state index contributed by atoms with van der Waals surface area (Å²) in [5.74, 6) is -1.76. The van der Waals surface area contributed by atoms with Gasteiger partial charge in [0.25, 0.3) is 0 Å². The Balaban J connectivity index is 0.000000307. The lowest BCUT2D eigenvalue weighted by Gasteiger charge is -2.31. The lowest BCUT2D eigenvalue weighted by atomic mass is 9.97. The number of carboxylic acids is 2. The van der Waals surface area contributed by atoms with Crippen molar-refractivity contribution in [3.63, 3.8) is 0 Å². The molecule has 0 unspecified atom stereocenters. The van der Waals surface area contributed by atoms with Gasteiger partial charge in [0.1, 0.15) is 0 Å². The van der Waals surface area contributed by atoms with Gasteiger partial charge in [-0.15, -0.1) is 5.10 Å². The number of likely N-dealkylation sites (tertiary alicyclic amines) is 1. The summed E-state index contributed by atoms with van der Waals surface area (Å²) in [6.07, 6.45) is 8.44. The molecule has 1 aliphatic heterocycles. The maximum Gasteiger partial charge on any atom is 0.328 e. The summed E-state index contributed by atoms with van der Waals surface area (Å²) < 4.78 is 1.90. The average Bonchev–Trinajstić information content (AvgIpc) is 3.07. The lowest BCUT2D eigenvalue weighted by Crippen LogP contribution is -2.36. The summed E-state index contributed by atoms with van der Waals surface area (Å²) in [4.78, 5) is 21.6. The molecule has 0 amide bonds. The van der Waals surface area contributed by atoms with Crippen LogP contribution in [0.4, 0.5) is 0 Å². The smallest absolute Gasteiger partial charge is 0.328 e. The van der Waals surface area contributed by atoms with Crippen molar-refractivity contribution in [3.05, 3.63) is 24.5 Å². The van der Waals surface area contributed by atoms with E-state index in [1.165, 1.54) is 25.9 Å². The van der Waals surface area contributed by atoms with Crippen LogP contribution in [0.5, 0.6) is 0 Å². The summed E-state index contributed by atoms with van der Waals surface area (Å²) in [5.41, 5.74) is 5.68. The summed E-state index contributed by atoms with van der Waals surface area (Å²) in [6, 6.07) is 0. The maximum absolute atomic E-state index is 9.55. The summed E-state index contributed by atoms with van der Waals surface area (Å²) in [7, 11) is 0. The molecular formula is C15H25N5O4. The standard InChI is InChI=1S/C11H21N5.C4H4O4/c12-10-11-2-7-15(8-3-11)5-1-6-16-9-4-13-14-16;5-3(6)1-2-4(7)8/h4,9,11H,1-3,5-8,10,12H2;1-2H,(H,5,6)(H,7,8). The van der Waals surface area contributed by atoms with Gasteiger partial charge in [0, 0.05) is 24.9 Å². The van der Waals surface area contributed by atoms with Gasteiger partial charge in [0.2, 0.25) is 0 Å². The molecule has 4 N–H and O–H groups in total. The molecule has 24 heavy (non-hydrogen) atoms. The van der Waals surface area contributed by atoms with E-state index in [9.17, 15) is 9.59 Å². The number of aliphatic carboxylic acids is 2. The van der Waals surface area contributed by atoms with Crippen LogP contribution in [-0.4, -0.2) is 68.2 Å². The highest BCUT2D eigenvalue weighted by atomic mass is 16.4. The number of carboxylic acid groups (broad SMARTS) is 2. The molecule has 2 heterocycles. The van der Waals surface area contributed by atoms with Gasteiger partial charge in [-0.3, -0.25) is 4.68 Å². The molecule has 1 aliphatic rings. The number of aryl methyl sites for hydroxylation is 1. The van der Waals surface area contributed by atoms with E-state index < -0.39 is 11.9 Å². The number of nitrogens with zero attached hydrogens (tertiary/aromatic N) is 4. The van der Waals surface area contributed by atoms with Gasteiger partial charge in [-0.05, 0) is 51.4 Å². The molecule has 0 atom stereocenters. The maximum atomic E-state index is 9.55. The Labute approximate surface area is 140 Å². The van der Waals surface area contributed by atoms with E-state index in [4.69, 9.17) is 15.9 Å². The van der Waals surface area contributed by atoms with Gasteiger partial charge < -0.3 is 20.8 Å². The number of piperidine rings is 1. The SMILES string of the molecule is NCC1CCN(CCCn2ccnn2)CC1.O=C(O)C=CC(=O)O. The molecule has 2 rings (SSSR count). The number of aromatic nitrogens is 3. The third-order valence-corrected chi connectivity index (χ3v) is 3.74. The van der Waals surface area contributed by atoms with E-state index in [0.29, 0.717) is 12.2 Å². The van der Waals surface area contributed by atoms with Gasteiger partial charge in [-0.1, -0.05) is 5.21 Å². The van der Waals surface area contributed by atoms with Crippen molar-refractivity contribution < 1.29 is 19.8 Å². The molecule has 0 aromatic carbocycles. The lowest BCUT2D eigenvalue weighted by molar-refractivity contribution is -0.134. The second-order valence-corrected chi connectivity index (χ2v) is 5.55. The monoisotopic (exact) mass is 339 g/mol. The molecule has 0 bridgehead atoms. The third kappa shape index (κ3) is 9.01. The Hall–Kier alpha value is -2.26. The predicted octanol–water partition coefficient (Wildman–Crippen LogP) is 0.0507. The second kappa shape index (κ2) is 11.3. The first-order valence-electron chi connectivity index (χ1n) is 7.91. The number of carbonyl (C=O) groups is 2. The molecule has 0 aliphatic carbocycles. The van der Waals surface area contributed by atoms with E-state index >= 15 is 0 Å². The van der Waals surface area contributed by atoms with Crippen LogP contribution in [-0.2, 0) is 16.1 Å². The average molecular weight is 339 g/mol. The number of hydrogen-bond acceptors (Lipinski definition) is 6. The van der Waals surface area contributed by atoms with Crippen LogP contribution in [0.15, 0.2) is 24.5 Å². The minimum absolute atomic E-state index is 0.558. The van der Waals surface area contributed by atoms with Crippen molar-refractivity contribution in [2.45, 2.75) is 25.8 Å². The summed E-state index contributed by atoms with van der Waals surface area (Å²) in [5, 5.41) is 23.4. The van der Waals surface area contributed by atoms with E-state index in [1.807, 2.05) is 10.9 Å². The fourth-order valence-electron chi connectivity index (χ4n) is 2.40. The number of rotatable bonds is 7. The van der Waals surface area contributed by atoms with E-state index in [-0.39, 0.29) is 0 Å². The fraction of sp³-hybridized carbons (Fsp3) is 0.600. The highest BCUT2D eigenvalue weighted by molar-refractivity contribution is 5.89. The zero-order valence-electron chi connectivity index (χ0n) is 13.6. The highest BCUT2D eigenvalue weighted by Crippen LogP contribution is 2.15. The third-order valence-electron chi connectivity index (χ3n) is 3.74. The van der Waals surface area contributed by atoms with Crippen LogP contribution in [0.3, 0.4) is 0 Å². The normalized spacial score (nSPS) is 15.9. The minimum Gasteiger partial charge on any atom is -0.478 e. The zero-order valence-corrected chi connectivity index (χ0v) is 13.6. The summed E-state index contributed by atoms with van der Waals surface area (Å²) >= 11 is 0. The Bertz CT molecular complexity index is 494. The molecule has 134 valence electrons. The van der Waals surface area contributed by atoms with Gasteiger partial charge in [0.15, 0.2) is 0 Å². The topological polar surface area (TPSA) is 135 Å². The molecular weight excluding hydrogens is 314 g/mol. The molecule has 0 radical (unpaired) electrons. The fourth-order valence-corrected chi connectivity index (χ4v) is 2.40. The molecule has 1 fully saturated rings. The molecule has 1 aromatic heterocycles. The van der Waals surface area contributed by atoms with Gasteiger partial charge in [-0.2, -0.15) is 0 Å². The molecule has 0 saturated carbocycles. The van der Waals surface area contributed by atoms with Crippen molar-refractivity contribution in [1.82, 2.24) is 19.9 Å². The van der Waals surface area contributed by atoms with Crippen LogP contribution in [0.25, 0.3) is 0 Å². The summed E-state index contributed by atoms with van der Waals surface area (Å²) in [6.45, 7) is 5.40. The van der Waals surface area contributed by atoms with Crippen molar-refractivity contribution in [1.29, 1.82) is 0 Å². The quantitative estimate of drug-likeness (QED) is 0.593. The van der Waals surface area contributed by atoms with Gasteiger partial charge in [-0.25, -0.2) is 9.59 Å². The number of hydrogen-bond donors (Lipinski definition) is 3. The minimum atomic E-state index is -1.26. The molecule has 0 spiro atoms. The highest BCUT2D eigenvalue weighted by Gasteiger charge is 2.17. The molecule has 9 nitrogen and oxygen atoms in total. The van der Waals surface area contributed by atoms with Gasteiger partial charge >= 0.3 is 11.9 Å². The Kier molecular flexibility index (Phi) is 9.32.